The lowest BCUT2D eigenvalue weighted by atomic mass is 10.0. The van der Waals surface area contributed by atoms with E-state index in [1.165, 1.54) is 28.0 Å². The van der Waals surface area contributed by atoms with E-state index in [2.05, 4.69) is 5.32 Å². The highest BCUT2D eigenvalue weighted by atomic mass is 32.2. The zero-order valence-corrected chi connectivity index (χ0v) is 25.6. The molecule has 3 amide bonds. The highest BCUT2D eigenvalue weighted by molar-refractivity contribution is 7.90. The summed E-state index contributed by atoms with van der Waals surface area (Å²) in [5.74, 6) is -0.390. The second-order valence-corrected chi connectivity index (χ2v) is 13.6. The van der Waals surface area contributed by atoms with Gasteiger partial charge in [-0.1, -0.05) is 44.2 Å². The molecule has 0 aliphatic carbocycles. The number of carbonyl (C=O) groups is 4. The van der Waals surface area contributed by atoms with Gasteiger partial charge in [-0.3, -0.25) is 19.2 Å². The molecule has 0 spiro atoms. The molecule has 3 aromatic rings. The number of likely N-dealkylation sites (tertiary alicyclic amines) is 2. The molecule has 3 atom stereocenters. The van der Waals surface area contributed by atoms with Gasteiger partial charge >= 0.3 is 0 Å². The fourth-order valence-electron chi connectivity index (χ4n) is 5.89. The molecule has 230 valence electrons. The molecule has 2 heterocycles. The first kappa shape index (κ1) is 30.9. The number of benzene rings is 3. The smallest absolute Gasteiger partial charge is 0.255 e. The van der Waals surface area contributed by atoms with Gasteiger partial charge < -0.3 is 19.9 Å². The molecule has 0 radical (unpaired) electrons. The van der Waals surface area contributed by atoms with Crippen molar-refractivity contribution in [2.45, 2.75) is 49.7 Å². The van der Waals surface area contributed by atoms with E-state index in [9.17, 15) is 27.6 Å². The van der Waals surface area contributed by atoms with E-state index in [0.29, 0.717) is 29.9 Å². The predicted molar refractivity (Wildman–Crippen MR) is 163 cm³/mol. The Balaban J connectivity index is 1.30. The van der Waals surface area contributed by atoms with Crippen LogP contribution in [0.4, 0.5) is 0 Å². The van der Waals surface area contributed by atoms with Crippen LogP contribution < -0.4 is 10.1 Å². The van der Waals surface area contributed by atoms with Crippen LogP contribution in [0.3, 0.4) is 0 Å². The lowest BCUT2D eigenvalue weighted by Crippen LogP contribution is -2.53. The Morgan fingerprint density at radius 3 is 2.20 bits per heavy atom. The molecule has 3 unspecified atom stereocenters. The number of fused-ring (bicyclic) bond motifs is 1. The summed E-state index contributed by atoms with van der Waals surface area (Å²) in [6.07, 6.45) is 1.75. The highest BCUT2D eigenvalue weighted by Crippen LogP contribution is 2.33. The Labute approximate surface area is 256 Å². The van der Waals surface area contributed by atoms with E-state index in [1.54, 1.807) is 30.3 Å². The standard InChI is InChI=1S/C33H35N3O7S/c1-21(2)19-26(34-31(38)22-13-15-24(16-14-22)43-23-9-5-4-6-10-23)33(40)35-18-17-27-30(35)28(37)20-36(27)32(39)25-11-7-8-12-29(25)44(3,41)42/h4-16,21,26-27,30H,17-20H2,1-3H3,(H,34,38). The van der Waals surface area contributed by atoms with E-state index in [4.69, 9.17) is 4.74 Å². The van der Waals surface area contributed by atoms with Crippen LogP contribution in [0, 0.1) is 5.92 Å². The van der Waals surface area contributed by atoms with Crippen molar-refractivity contribution in [1.29, 1.82) is 0 Å². The molecule has 10 nitrogen and oxygen atoms in total. The molecule has 0 saturated carbocycles. The number of ether oxygens (including phenoxy) is 1. The quantitative estimate of drug-likeness (QED) is 0.387. The molecule has 2 saturated heterocycles. The monoisotopic (exact) mass is 617 g/mol. The molecule has 44 heavy (non-hydrogen) atoms. The van der Waals surface area contributed by atoms with Crippen molar-refractivity contribution in [1.82, 2.24) is 15.1 Å². The third-order valence-corrected chi connectivity index (χ3v) is 9.04. The second kappa shape index (κ2) is 12.6. The van der Waals surface area contributed by atoms with Crippen LogP contribution in [0.15, 0.2) is 83.8 Å². The molecular weight excluding hydrogens is 582 g/mol. The van der Waals surface area contributed by atoms with E-state index >= 15 is 0 Å². The maximum Gasteiger partial charge on any atom is 0.255 e. The van der Waals surface area contributed by atoms with Gasteiger partial charge in [-0.15, -0.1) is 0 Å². The average molecular weight is 618 g/mol. The zero-order chi connectivity index (χ0) is 31.6. The number of rotatable bonds is 9. The fourth-order valence-corrected chi connectivity index (χ4v) is 6.77. The highest BCUT2D eigenvalue weighted by Gasteiger charge is 2.52. The minimum absolute atomic E-state index is 0.00152. The van der Waals surface area contributed by atoms with Gasteiger partial charge in [-0.2, -0.15) is 0 Å². The fraction of sp³-hybridized carbons (Fsp3) is 0.333. The van der Waals surface area contributed by atoms with Gasteiger partial charge in [0.05, 0.1) is 23.0 Å². The third kappa shape index (κ3) is 6.52. The molecule has 2 aliphatic rings. The molecule has 1 N–H and O–H groups in total. The van der Waals surface area contributed by atoms with Gasteiger partial charge in [-0.25, -0.2) is 8.42 Å². The van der Waals surface area contributed by atoms with Crippen molar-refractivity contribution in [2.75, 3.05) is 19.3 Å². The van der Waals surface area contributed by atoms with Crippen LogP contribution in [0.5, 0.6) is 11.5 Å². The van der Waals surface area contributed by atoms with Crippen molar-refractivity contribution in [3.8, 4) is 11.5 Å². The van der Waals surface area contributed by atoms with Gasteiger partial charge in [-0.05, 0) is 67.3 Å². The Morgan fingerprint density at radius 2 is 1.55 bits per heavy atom. The zero-order valence-electron chi connectivity index (χ0n) is 24.8. The summed E-state index contributed by atoms with van der Waals surface area (Å²) in [5, 5.41) is 2.86. The second-order valence-electron chi connectivity index (χ2n) is 11.6. The molecule has 2 aliphatic heterocycles. The number of ketones is 1. The molecule has 0 aromatic heterocycles. The molecule has 0 bridgehead atoms. The Morgan fingerprint density at radius 1 is 0.909 bits per heavy atom. The lowest BCUT2D eigenvalue weighted by molar-refractivity contribution is -0.138. The third-order valence-electron chi connectivity index (χ3n) is 7.89. The minimum Gasteiger partial charge on any atom is -0.457 e. The summed E-state index contributed by atoms with van der Waals surface area (Å²) < 4.78 is 30.4. The summed E-state index contributed by atoms with van der Waals surface area (Å²) >= 11 is 0. The van der Waals surface area contributed by atoms with E-state index in [-0.39, 0.29) is 41.2 Å². The van der Waals surface area contributed by atoms with Crippen LogP contribution in [-0.4, -0.2) is 79.2 Å². The van der Waals surface area contributed by atoms with Crippen LogP contribution in [0.1, 0.15) is 47.4 Å². The van der Waals surface area contributed by atoms with Gasteiger partial charge in [0.1, 0.15) is 23.6 Å². The van der Waals surface area contributed by atoms with Crippen molar-refractivity contribution in [2.24, 2.45) is 5.92 Å². The van der Waals surface area contributed by atoms with Gasteiger partial charge in [0.15, 0.2) is 15.6 Å². The first-order valence-corrected chi connectivity index (χ1v) is 16.4. The number of sulfone groups is 1. The molecule has 5 rings (SSSR count). The molecule has 3 aromatic carbocycles. The van der Waals surface area contributed by atoms with E-state index < -0.39 is 39.8 Å². The maximum atomic E-state index is 13.9. The Bertz CT molecular complexity index is 1670. The number of hydrogen-bond donors (Lipinski definition) is 1. The summed E-state index contributed by atoms with van der Waals surface area (Å²) in [6, 6.07) is 19.4. The van der Waals surface area contributed by atoms with E-state index in [0.717, 1.165) is 6.26 Å². The molecule has 2 fully saturated rings. The number of nitrogens with zero attached hydrogens (tertiary/aromatic N) is 2. The van der Waals surface area contributed by atoms with Crippen molar-refractivity contribution in [3.63, 3.8) is 0 Å². The summed E-state index contributed by atoms with van der Waals surface area (Å²) in [5.41, 5.74) is 0.350. The Kier molecular flexibility index (Phi) is 8.87. The van der Waals surface area contributed by atoms with Crippen molar-refractivity contribution in [3.05, 3.63) is 90.0 Å². The number of nitrogens with one attached hydrogen (secondary N) is 1. The van der Waals surface area contributed by atoms with Gasteiger partial charge in [0.25, 0.3) is 11.8 Å². The molecule has 11 heteroatoms. The van der Waals surface area contributed by atoms with E-state index in [1.807, 2.05) is 44.2 Å². The number of para-hydroxylation sites is 1. The number of amides is 3. The summed E-state index contributed by atoms with van der Waals surface area (Å²) in [6.45, 7) is 3.88. The normalized spacial score (nSPS) is 18.7. The number of carbonyl (C=O) groups excluding carboxylic acids is 4. The van der Waals surface area contributed by atoms with Crippen LogP contribution >= 0.6 is 0 Å². The minimum atomic E-state index is -3.69. The lowest BCUT2D eigenvalue weighted by Gasteiger charge is -2.29. The Hall–Kier alpha value is -4.51. The largest absolute Gasteiger partial charge is 0.457 e. The van der Waals surface area contributed by atoms with Gasteiger partial charge in [0, 0.05) is 18.4 Å². The number of hydrogen-bond acceptors (Lipinski definition) is 7. The van der Waals surface area contributed by atoms with Crippen molar-refractivity contribution >= 4 is 33.3 Å². The SMILES string of the molecule is CC(C)CC(NC(=O)c1ccc(Oc2ccccc2)cc1)C(=O)N1CCC2C1C(=O)CN2C(=O)c1ccccc1S(C)(=O)=O. The molecular formula is C33H35N3O7S. The van der Waals surface area contributed by atoms with Crippen LogP contribution in [0.25, 0.3) is 0 Å². The van der Waals surface area contributed by atoms with Crippen molar-refractivity contribution < 1.29 is 32.3 Å². The average Bonchev–Trinajstić information content (AvgIpc) is 3.57. The van der Waals surface area contributed by atoms with Gasteiger partial charge in [0.2, 0.25) is 5.91 Å². The first-order valence-electron chi connectivity index (χ1n) is 14.5. The first-order chi connectivity index (χ1) is 20.9. The summed E-state index contributed by atoms with van der Waals surface area (Å²) in [7, 11) is -3.69. The maximum absolute atomic E-state index is 13.9. The van der Waals surface area contributed by atoms with Crippen LogP contribution in [0.2, 0.25) is 0 Å². The number of Topliss-reactive ketones (excluding diaryl/α,β-unsaturated/α-hetero) is 1. The summed E-state index contributed by atoms with van der Waals surface area (Å²) in [4.78, 5) is 56.6. The van der Waals surface area contributed by atoms with Crippen LogP contribution in [-0.2, 0) is 19.4 Å². The topological polar surface area (TPSA) is 130 Å². The predicted octanol–water partition coefficient (Wildman–Crippen LogP) is 3.72.